The van der Waals surface area contributed by atoms with Crippen LogP contribution in [0.25, 0.3) is 0 Å². The molecule has 1 heterocycles. The number of nitrogens with one attached hydrogen (secondary N) is 1. The molecule has 5 heteroatoms. The molecular weight excluding hydrogens is 342 g/mol. The molecular formula is C22H25NO4. The minimum atomic E-state index is -0.758. The molecule has 27 heavy (non-hydrogen) atoms. The Labute approximate surface area is 159 Å². The molecule has 0 aliphatic heterocycles. The van der Waals surface area contributed by atoms with Crippen molar-refractivity contribution in [2.45, 2.75) is 25.7 Å². The maximum Gasteiger partial charge on any atom is 0.137 e. The molecule has 2 N–H and O–H groups in total. The van der Waals surface area contributed by atoms with Gasteiger partial charge in [-0.15, -0.1) is 0 Å². The highest BCUT2D eigenvalue weighted by molar-refractivity contribution is 5.25. The van der Waals surface area contributed by atoms with E-state index in [-0.39, 0.29) is 0 Å². The van der Waals surface area contributed by atoms with Gasteiger partial charge in [-0.25, -0.2) is 5.48 Å². The van der Waals surface area contributed by atoms with Crippen molar-refractivity contribution in [1.82, 2.24) is 5.48 Å². The Kier molecular flexibility index (Phi) is 7.62. The van der Waals surface area contributed by atoms with Gasteiger partial charge in [0.25, 0.3) is 0 Å². The topological polar surface area (TPSA) is 63.9 Å². The first-order valence-corrected chi connectivity index (χ1v) is 9.11. The van der Waals surface area contributed by atoms with E-state index in [2.05, 4.69) is 5.48 Å². The molecule has 1 unspecified atom stereocenters. The monoisotopic (exact) mass is 367 g/mol. The minimum absolute atomic E-state index is 0.381. The van der Waals surface area contributed by atoms with Gasteiger partial charge in [-0.2, -0.15) is 0 Å². The first kappa shape index (κ1) is 19.3. The molecule has 1 atom stereocenters. The van der Waals surface area contributed by atoms with Crippen LogP contribution >= 0.6 is 0 Å². The second kappa shape index (κ2) is 10.6. The molecule has 142 valence electrons. The average molecular weight is 367 g/mol. The second-order valence-corrected chi connectivity index (χ2v) is 6.19. The Bertz CT molecular complexity index is 773. The molecule has 0 saturated heterocycles. The molecule has 0 aliphatic carbocycles. The zero-order valence-corrected chi connectivity index (χ0v) is 15.2. The molecule has 3 rings (SSSR count). The highest BCUT2D eigenvalue weighted by Crippen LogP contribution is 2.23. The number of aliphatic hydroxyl groups is 1. The number of hydroxylamine groups is 1. The Morgan fingerprint density at radius 1 is 0.889 bits per heavy atom. The van der Waals surface area contributed by atoms with Gasteiger partial charge in [0.05, 0.1) is 6.61 Å². The van der Waals surface area contributed by atoms with Crippen molar-refractivity contribution in [1.29, 1.82) is 0 Å². The van der Waals surface area contributed by atoms with Gasteiger partial charge in [0.2, 0.25) is 0 Å². The zero-order valence-electron chi connectivity index (χ0n) is 15.2. The standard InChI is InChI=1S/C22H25NO4/c24-22(19-10-5-2-6-11-19)21-13-12-20(27-21)17-25-15-7-14-23-26-16-18-8-3-1-4-9-18/h1-6,8-13,22-24H,7,14-17H2. The van der Waals surface area contributed by atoms with Crippen molar-refractivity contribution in [3.63, 3.8) is 0 Å². The fourth-order valence-corrected chi connectivity index (χ4v) is 2.62. The largest absolute Gasteiger partial charge is 0.460 e. The van der Waals surface area contributed by atoms with Crippen molar-refractivity contribution in [2.24, 2.45) is 0 Å². The third-order valence-electron chi connectivity index (χ3n) is 4.06. The van der Waals surface area contributed by atoms with Crippen LogP contribution in [0.5, 0.6) is 0 Å². The molecule has 0 aliphatic rings. The maximum absolute atomic E-state index is 10.3. The highest BCUT2D eigenvalue weighted by Gasteiger charge is 2.14. The summed E-state index contributed by atoms with van der Waals surface area (Å²) in [6, 6.07) is 23.1. The summed E-state index contributed by atoms with van der Waals surface area (Å²) in [7, 11) is 0. The molecule has 2 aromatic carbocycles. The van der Waals surface area contributed by atoms with Crippen molar-refractivity contribution in [3.05, 3.63) is 95.4 Å². The zero-order chi connectivity index (χ0) is 18.7. The number of ether oxygens (including phenoxy) is 1. The number of rotatable bonds is 11. The van der Waals surface area contributed by atoms with Crippen molar-refractivity contribution in [2.75, 3.05) is 13.2 Å². The van der Waals surface area contributed by atoms with Gasteiger partial charge >= 0.3 is 0 Å². The van der Waals surface area contributed by atoms with E-state index < -0.39 is 6.10 Å². The molecule has 1 aromatic heterocycles. The Morgan fingerprint density at radius 3 is 2.41 bits per heavy atom. The van der Waals surface area contributed by atoms with Gasteiger partial charge in [0.1, 0.15) is 24.2 Å². The lowest BCUT2D eigenvalue weighted by Gasteiger charge is -2.08. The predicted octanol–water partition coefficient (Wildman–Crippen LogP) is 3.99. The molecule has 0 amide bonds. The van der Waals surface area contributed by atoms with Crippen LogP contribution in [0.15, 0.2) is 77.2 Å². The predicted molar refractivity (Wildman–Crippen MR) is 103 cm³/mol. The summed E-state index contributed by atoms with van der Waals surface area (Å²) in [5.41, 5.74) is 4.87. The minimum Gasteiger partial charge on any atom is -0.460 e. The number of benzene rings is 2. The summed E-state index contributed by atoms with van der Waals surface area (Å²) in [5.74, 6) is 1.23. The fourth-order valence-electron chi connectivity index (χ4n) is 2.62. The van der Waals surface area contributed by atoms with Crippen LogP contribution in [0.3, 0.4) is 0 Å². The smallest absolute Gasteiger partial charge is 0.137 e. The molecule has 0 fully saturated rings. The van der Waals surface area contributed by atoms with Gasteiger partial charge in [-0.3, -0.25) is 4.84 Å². The average Bonchev–Trinajstić information content (AvgIpc) is 3.20. The van der Waals surface area contributed by atoms with Gasteiger partial charge < -0.3 is 14.3 Å². The van der Waals surface area contributed by atoms with Gasteiger partial charge in [-0.05, 0) is 29.7 Å². The Balaban J connectivity index is 1.28. The quantitative estimate of drug-likeness (QED) is 0.396. The molecule has 0 radical (unpaired) electrons. The Morgan fingerprint density at radius 2 is 1.63 bits per heavy atom. The fraction of sp³-hybridized carbons (Fsp3) is 0.273. The number of hydrogen-bond donors (Lipinski definition) is 2. The summed E-state index contributed by atoms with van der Waals surface area (Å²) in [6.45, 7) is 2.23. The summed E-state index contributed by atoms with van der Waals surface area (Å²) >= 11 is 0. The lowest BCUT2D eigenvalue weighted by molar-refractivity contribution is 0.0198. The van der Waals surface area contributed by atoms with Gasteiger partial charge in [0.15, 0.2) is 0 Å². The SMILES string of the molecule is OC(c1ccccc1)c1ccc(COCCCNOCc2ccccc2)o1. The van der Waals surface area contributed by atoms with Crippen LogP contribution in [0.1, 0.15) is 35.2 Å². The van der Waals surface area contributed by atoms with E-state index in [9.17, 15) is 5.11 Å². The van der Waals surface area contributed by atoms with Crippen LogP contribution < -0.4 is 5.48 Å². The summed E-state index contributed by atoms with van der Waals surface area (Å²) in [4.78, 5) is 5.40. The van der Waals surface area contributed by atoms with E-state index in [1.54, 1.807) is 6.07 Å². The van der Waals surface area contributed by atoms with Crippen molar-refractivity contribution < 1.29 is 19.1 Å². The van der Waals surface area contributed by atoms with Gasteiger partial charge in [-0.1, -0.05) is 60.7 Å². The highest BCUT2D eigenvalue weighted by atomic mass is 16.6. The van der Waals surface area contributed by atoms with Crippen LogP contribution in [0.4, 0.5) is 0 Å². The van der Waals surface area contributed by atoms with E-state index in [1.807, 2.05) is 66.7 Å². The first-order chi connectivity index (χ1) is 13.3. The van der Waals surface area contributed by atoms with Crippen molar-refractivity contribution in [3.8, 4) is 0 Å². The van der Waals surface area contributed by atoms with Crippen LogP contribution in [0, 0.1) is 0 Å². The van der Waals surface area contributed by atoms with Crippen LogP contribution in [-0.2, 0) is 22.8 Å². The van der Waals surface area contributed by atoms with Crippen molar-refractivity contribution >= 4 is 0 Å². The molecule has 0 bridgehead atoms. The second-order valence-electron chi connectivity index (χ2n) is 6.19. The van der Waals surface area contributed by atoms with E-state index in [4.69, 9.17) is 14.0 Å². The molecule has 0 spiro atoms. The Hall–Kier alpha value is -2.44. The number of furan rings is 1. The number of hydrogen-bond acceptors (Lipinski definition) is 5. The lowest BCUT2D eigenvalue weighted by Crippen LogP contribution is -2.17. The maximum atomic E-state index is 10.3. The summed E-state index contributed by atoms with van der Waals surface area (Å²) in [5, 5.41) is 10.3. The van der Waals surface area contributed by atoms with Crippen LogP contribution in [-0.4, -0.2) is 18.3 Å². The van der Waals surface area contributed by atoms with Gasteiger partial charge in [0, 0.05) is 13.2 Å². The van der Waals surface area contributed by atoms with Crippen LogP contribution in [0.2, 0.25) is 0 Å². The normalized spacial score (nSPS) is 12.2. The van der Waals surface area contributed by atoms with E-state index in [0.717, 1.165) is 17.5 Å². The third kappa shape index (κ3) is 6.34. The van der Waals surface area contributed by atoms with E-state index in [1.165, 1.54) is 0 Å². The lowest BCUT2D eigenvalue weighted by atomic mass is 10.1. The number of aliphatic hydroxyl groups excluding tert-OH is 1. The molecule has 3 aromatic rings. The van der Waals surface area contributed by atoms with E-state index >= 15 is 0 Å². The molecule has 0 saturated carbocycles. The summed E-state index contributed by atoms with van der Waals surface area (Å²) < 4.78 is 11.3. The first-order valence-electron chi connectivity index (χ1n) is 9.11. The molecule has 5 nitrogen and oxygen atoms in total. The third-order valence-corrected chi connectivity index (χ3v) is 4.06. The van der Waals surface area contributed by atoms with E-state index in [0.29, 0.717) is 37.9 Å². The summed E-state index contributed by atoms with van der Waals surface area (Å²) in [6.07, 6.45) is 0.0700.